The molecule has 2 rings (SSSR count). The molecule has 1 aromatic heterocycles. The normalized spacial score (nSPS) is 11.8. The van der Waals surface area contributed by atoms with E-state index in [0.717, 1.165) is 0 Å². The van der Waals surface area contributed by atoms with Crippen molar-refractivity contribution >= 4 is 50.6 Å². The fourth-order valence-electron chi connectivity index (χ4n) is 2.36. The fraction of sp³-hybridized carbons (Fsp3) is 0.400. The van der Waals surface area contributed by atoms with E-state index >= 15 is 0 Å². The minimum atomic E-state index is -0.782. The molecule has 0 aliphatic carbocycles. The van der Waals surface area contributed by atoms with E-state index in [1.54, 1.807) is 44.5 Å². The summed E-state index contributed by atoms with van der Waals surface area (Å²) in [5.74, 6) is 0.0510. The first kappa shape index (κ1) is 24.6. The number of ether oxygens (including phenoxy) is 4. The number of aromatic nitrogens is 1. The topological polar surface area (TPSA) is 108 Å². The summed E-state index contributed by atoms with van der Waals surface area (Å²) in [5.41, 5.74) is 4.15. The molecule has 1 N–H and O–H groups in total. The summed E-state index contributed by atoms with van der Waals surface area (Å²) >= 11 is 4.79. The third-order valence-corrected chi connectivity index (χ3v) is 5.23. The van der Waals surface area contributed by atoms with Crippen LogP contribution in [0.1, 0.15) is 32.0 Å². The average Bonchev–Trinajstić information content (AvgIpc) is 3.16. The molecule has 168 valence electrons. The van der Waals surface area contributed by atoms with Gasteiger partial charge in [-0.25, -0.2) is 9.78 Å². The molecule has 1 aromatic carbocycles. The molecule has 0 fully saturated rings. The molecule has 0 amide bonds. The Balaban J connectivity index is 2.05. The number of benzene rings is 1. The van der Waals surface area contributed by atoms with Crippen LogP contribution >= 0.6 is 27.3 Å². The Morgan fingerprint density at radius 3 is 2.68 bits per heavy atom. The Labute approximate surface area is 192 Å². The summed E-state index contributed by atoms with van der Waals surface area (Å²) in [6.07, 6.45) is 0.914. The van der Waals surface area contributed by atoms with Gasteiger partial charge in [0.1, 0.15) is 0 Å². The van der Waals surface area contributed by atoms with Gasteiger partial charge in [-0.2, -0.15) is 5.10 Å². The lowest BCUT2D eigenvalue weighted by Gasteiger charge is -2.16. The maximum Gasteiger partial charge on any atom is 0.347 e. The van der Waals surface area contributed by atoms with Crippen LogP contribution in [0.2, 0.25) is 0 Å². The van der Waals surface area contributed by atoms with Crippen LogP contribution in [0, 0.1) is 0 Å². The van der Waals surface area contributed by atoms with E-state index in [0.29, 0.717) is 39.0 Å². The Morgan fingerprint density at radius 1 is 1.26 bits per heavy atom. The quantitative estimate of drug-likeness (QED) is 0.274. The van der Waals surface area contributed by atoms with Crippen LogP contribution in [0.4, 0.5) is 5.13 Å². The molecule has 1 heterocycles. The number of methoxy groups -OCH3 is 1. The van der Waals surface area contributed by atoms with Crippen LogP contribution in [0.25, 0.3) is 0 Å². The Kier molecular flexibility index (Phi) is 9.73. The molecule has 1 atom stereocenters. The predicted molar refractivity (Wildman–Crippen MR) is 121 cm³/mol. The van der Waals surface area contributed by atoms with Gasteiger partial charge in [-0.3, -0.25) is 10.2 Å². The first-order chi connectivity index (χ1) is 14.9. The molecule has 0 radical (unpaired) electrons. The molecule has 0 saturated carbocycles. The molecule has 1 unspecified atom stereocenters. The van der Waals surface area contributed by atoms with Gasteiger partial charge in [-0.15, -0.1) is 11.3 Å². The minimum Gasteiger partial charge on any atom is -0.493 e. The summed E-state index contributed by atoms with van der Waals surface area (Å²) in [6, 6.07) is 3.41. The maximum absolute atomic E-state index is 11.8. The lowest BCUT2D eigenvalue weighted by molar-refractivity contribution is -0.150. The Bertz CT molecular complexity index is 934. The number of thiazole rings is 1. The van der Waals surface area contributed by atoms with E-state index < -0.39 is 12.1 Å². The zero-order valence-electron chi connectivity index (χ0n) is 17.6. The molecular formula is C20H24BrN3O6S. The van der Waals surface area contributed by atoms with E-state index in [2.05, 4.69) is 31.4 Å². The molecule has 0 bridgehead atoms. The number of carbonyl (C=O) groups is 2. The highest BCUT2D eigenvalue weighted by Gasteiger charge is 2.19. The lowest BCUT2D eigenvalue weighted by Crippen LogP contribution is -2.26. The zero-order valence-corrected chi connectivity index (χ0v) is 20.0. The highest BCUT2D eigenvalue weighted by atomic mass is 79.9. The summed E-state index contributed by atoms with van der Waals surface area (Å²) in [5, 5.41) is 6.49. The Morgan fingerprint density at radius 2 is 2.00 bits per heavy atom. The van der Waals surface area contributed by atoms with Crippen LogP contribution in [-0.4, -0.2) is 49.6 Å². The molecule has 31 heavy (non-hydrogen) atoms. The summed E-state index contributed by atoms with van der Waals surface area (Å²) in [6.45, 7) is 5.71. The van der Waals surface area contributed by atoms with Crippen molar-refractivity contribution in [3.8, 4) is 11.5 Å². The summed E-state index contributed by atoms with van der Waals surface area (Å²) in [7, 11) is 1.50. The largest absolute Gasteiger partial charge is 0.493 e. The van der Waals surface area contributed by atoms with Crippen LogP contribution in [0.15, 0.2) is 27.1 Å². The molecule has 0 spiro atoms. The molecule has 2 aromatic rings. The SMILES string of the molecule is CCOC(=O)Cc1csc(NN=Cc2cc(OC)c(OC(C)C(=O)OCC)cc2Br)n1. The number of esters is 2. The predicted octanol–water partition coefficient (Wildman–Crippen LogP) is 3.80. The fourth-order valence-corrected chi connectivity index (χ4v) is 3.44. The second-order valence-corrected chi connectivity index (χ2v) is 7.74. The van der Waals surface area contributed by atoms with Gasteiger partial charge in [0.2, 0.25) is 5.13 Å². The maximum atomic E-state index is 11.8. The van der Waals surface area contributed by atoms with Gasteiger partial charge in [0.15, 0.2) is 17.6 Å². The van der Waals surface area contributed by atoms with Crippen LogP contribution < -0.4 is 14.9 Å². The minimum absolute atomic E-state index is 0.115. The van der Waals surface area contributed by atoms with Gasteiger partial charge in [0.05, 0.1) is 38.7 Å². The number of halogens is 1. The number of nitrogens with one attached hydrogen (secondary N) is 1. The van der Waals surface area contributed by atoms with E-state index in [1.165, 1.54) is 18.4 Å². The average molecular weight is 514 g/mol. The lowest BCUT2D eigenvalue weighted by atomic mass is 10.2. The second-order valence-electron chi connectivity index (χ2n) is 6.03. The number of hydrogen-bond acceptors (Lipinski definition) is 10. The molecule has 0 saturated heterocycles. The van der Waals surface area contributed by atoms with Crippen molar-refractivity contribution in [1.82, 2.24) is 4.98 Å². The van der Waals surface area contributed by atoms with E-state index in [1.807, 2.05) is 0 Å². The number of carbonyl (C=O) groups excluding carboxylic acids is 2. The van der Waals surface area contributed by atoms with Crippen molar-refractivity contribution in [1.29, 1.82) is 0 Å². The highest BCUT2D eigenvalue weighted by molar-refractivity contribution is 9.10. The molecule has 0 aliphatic rings. The van der Waals surface area contributed by atoms with Crippen molar-refractivity contribution in [2.75, 3.05) is 25.7 Å². The molecule has 0 aliphatic heterocycles. The third-order valence-electron chi connectivity index (χ3n) is 3.75. The number of hydrazone groups is 1. The van der Waals surface area contributed by atoms with Gasteiger partial charge >= 0.3 is 11.9 Å². The van der Waals surface area contributed by atoms with Gasteiger partial charge < -0.3 is 18.9 Å². The highest BCUT2D eigenvalue weighted by Crippen LogP contribution is 2.33. The number of rotatable bonds is 11. The smallest absolute Gasteiger partial charge is 0.347 e. The van der Waals surface area contributed by atoms with E-state index in [-0.39, 0.29) is 19.0 Å². The van der Waals surface area contributed by atoms with Crippen molar-refractivity contribution in [3.63, 3.8) is 0 Å². The molecular weight excluding hydrogens is 490 g/mol. The number of nitrogens with zero attached hydrogens (tertiary/aromatic N) is 2. The first-order valence-electron chi connectivity index (χ1n) is 9.47. The monoisotopic (exact) mass is 513 g/mol. The van der Waals surface area contributed by atoms with Crippen molar-refractivity contribution < 1.29 is 28.5 Å². The third kappa shape index (κ3) is 7.51. The second kappa shape index (κ2) is 12.3. The number of anilines is 1. The zero-order chi connectivity index (χ0) is 22.8. The van der Waals surface area contributed by atoms with E-state index in [4.69, 9.17) is 18.9 Å². The van der Waals surface area contributed by atoms with Crippen LogP contribution in [0.5, 0.6) is 11.5 Å². The van der Waals surface area contributed by atoms with Crippen molar-refractivity contribution in [3.05, 3.63) is 33.2 Å². The van der Waals surface area contributed by atoms with E-state index in [9.17, 15) is 9.59 Å². The summed E-state index contributed by atoms with van der Waals surface area (Å²) < 4.78 is 21.6. The molecule has 9 nitrogen and oxygen atoms in total. The van der Waals surface area contributed by atoms with Gasteiger partial charge in [0.25, 0.3) is 0 Å². The van der Waals surface area contributed by atoms with Gasteiger partial charge in [-0.05, 0) is 48.8 Å². The molecule has 11 heteroatoms. The standard InChI is InChI=1S/C20H24BrN3O6S/c1-5-28-18(25)8-14-11-31-20(23-14)24-22-10-13-7-16(27-4)17(9-15(13)21)30-12(3)19(26)29-6-2/h7,9-12H,5-6,8H2,1-4H3,(H,23,24). The van der Waals surface area contributed by atoms with Crippen LogP contribution in [0.3, 0.4) is 0 Å². The van der Waals surface area contributed by atoms with Crippen molar-refractivity contribution in [2.45, 2.75) is 33.3 Å². The summed E-state index contributed by atoms with van der Waals surface area (Å²) in [4.78, 5) is 27.6. The Hall–Kier alpha value is -2.66. The van der Waals surface area contributed by atoms with Gasteiger partial charge in [-0.1, -0.05) is 0 Å². The van der Waals surface area contributed by atoms with Crippen LogP contribution in [-0.2, 0) is 25.5 Å². The number of hydrogen-bond donors (Lipinski definition) is 1. The van der Waals surface area contributed by atoms with Gasteiger partial charge in [0, 0.05) is 15.4 Å². The van der Waals surface area contributed by atoms with Crippen molar-refractivity contribution in [2.24, 2.45) is 5.10 Å². The first-order valence-corrected chi connectivity index (χ1v) is 11.1.